The van der Waals surface area contributed by atoms with Crippen LogP contribution in [0.15, 0.2) is 36.4 Å². The molecule has 0 spiro atoms. The Balaban J connectivity index is 1.54. The quantitative estimate of drug-likeness (QED) is 0.597. The summed E-state index contributed by atoms with van der Waals surface area (Å²) in [5.74, 6) is -1.62. The van der Waals surface area contributed by atoms with E-state index >= 15 is 0 Å². The molecule has 7 heteroatoms. The first-order valence-electron chi connectivity index (χ1n) is 8.30. The lowest BCUT2D eigenvalue weighted by Gasteiger charge is -2.23. The number of benzene rings is 1. The molecule has 2 saturated carbocycles. The van der Waals surface area contributed by atoms with Crippen molar-refractivity contribution < 1.29 is 24.0 Å². The SMILES string of the molecule is CC(=O)N(C(C)=O)C1C2C[C@@]21C(=O)c1ccc(N2C(=O)C=CC2=O)cc1. The van der Waals surface area contributed by atoms with Gasteiger partial charge in [0, 0.05) is 31.6 Å². The smallest absolute Gasteiger partial charge is 0.258 e. The fraction of sp³-hybridized carbons (Fsp3) is 0.316. The van der Waals surface area contributed by atoms with Crippen LogP contribution in [0.2, 0.25) is 0 Å². The highest BCUT2D eigenvalue weighted by Crippen LogP contribution is 2.78. The van der Waals surface area contributed by atoms with Gasteiger partial charge >= 0.3 is 0 Å². The van der Waals surface area contributed by atoms with Crippen molar-refractivity contribution >= 4 is 35.1 Å². The van der Waals surface area contributed by atoms with Gasteiger partial charge in [0.25, 0.3) is 11.8 Å². The number of ketones is 1. The van der Waals surface area contributed by atoms with Crippen molar-refractivity contribution in [3.05, 3.63) is 42.0 Å². The minimum absolute atomic E-state index is 0.0356. The van der Waals surface area contributed by atoms with Gasteiger partial charge in [0.1, 0.15) is 0 Å². The second-order valence-electron chi connectivity index (χ2n) is 6.93. The van der Waals surface area contributed by atoms with Gasteiger partial charge in [0.05, 0.1) is 17.1 Å². The maximum absolute atomic E-state index is 12.9. The fourth-order valence-electron chi connectivity index (χ4n) is 3.98. The number of anilines is 1. The molecule has 1 aliphatic heterocycles. The average molecular weight is 352 g/mol. The van der Waals surface area contributed by atoms with Crippen LogP contribution >= 0.6 is 0 Å². The zero-order valence-corrected chi connectivity index (χ0v) is 14.3. The van der Waals surface area contributed by atoms with E-state index in [0.29, 0.717) is 17.7 Å². The first-order valence-corrected chi connectivity index (χ1v) is 8.30. The summed E-state index contributed by atoms with van der Waals surface area (Å²) >= 11 is 0. The summed E-state index contributed by atoms with van der Waals surface area (Å²) in [7, 11) is 0. The van der Waals surface area contributed by atoms with Gasteiger partial charge in [-0.1, -0.05) is 0 Å². The molecule has 0 aromatic heterocycles. The van der Waals surface area contributed by atoms with Crippen molar-refractivity contribution in [3.63, 3.8) is 0 Å². The Hall–Kier alpha value is -3.09. The first-order chi connectivity index (χ1) is 12.3. The highest BCUT2D eigenvalue weighted by molar-refractivity contribution is 6.28. The lowest BCUT2D eigenvalue weighted by molar-refractivity contribution is -0.144. The lowest BCUT2D eigenvalue weighted by Crippen LogP contribution is -2.41. The molecule has 1 aromatic carbocycles. The second-order valence-corrected chi connectivity index (χ2v) is 6.93. The van der Waals surface area contributed by atoms with Crippen molar-refractivity contribution in [2.45, 2.75) is 26.3 Å². The highest BCUT2D eigenvalue weighted by atomic mass is 16.2. The molecule has 7 nitrogen and oxygen atoms in total. The van der Waals surface area contributed by atoms with E-state index in [1.807, 2.05) is 0 Å². The molecule has 3 atom stereocenters. The summed E-state index contributed by atoms with van der Waals surface area (Å²) in [6.07, 6.45) is 3.06. The third-order valence-electron chi connectivity index (χ3n) is 5.44. The van der Waals surface area contributed by atoms with Gasteiger partial charge in [-0.25, -0.2) is 4.90 Å². The van der Waals surface area contributed by atoms with E-state index in [4.69, 9.17) is 0 Å². The summed E-state index contributed by atoms with van der Waals surface area (Å²) in [5.41, 5.74) is 0.186. The van der Waals surface area contributed by atoms with E-state index in [-0.39, 0.29) is 29.6 Å². The molecule has 4 rings (SSSR count). The van der Waals surface area contributed by atoms with E-state index in [0.717, 1.165) is 4.90 Å². The van der Waals surface area contributed by atoms with Crippen molar-refractivity contribution in [1.82, 2.24) is 4.90 Å². The maximum atomic E-state index is 12.9. The van der Waals surface area contributed by atoms with Crippen LogP contribution in [0.25, 0.3) is 0 Å². The number of hydrogen-bond donors (Lipinski definition) is 0. The Bertz CT molecular complexity index is 884. The number of carbonyl (C=O) groups excluding carboxylic acids is 5. The number of imide groups is 2. The molecule has 2 aliphatic carbocycles. The molecule has 4 amide bonds. The van der Waals surface area contributed by atoms with Crippen LogP contribution in [0.1, 0.15) is 30.6 Å². The van der Waals surface area contributed by atoms with E-state index in [2.05, 4.69) is 0 Å². The van der Waals surface area contributed by atoms with E-state index in [1.165, 1.54) is 30.9 Å². The largest absolute Gasteiger partial charge is 0.293 e. The van der Waals surface area contributed by atoms with Gasteiger partial charge in [0.2, 0.25) is 11.8 Å². The minimum Gasteiger partial charge on any atom is -0.293 e. The predicted molar refractivity (Wildman–Crippen MR) is 89.9 cm³/mol. The topological polar surface area (TPSA) is 91.8 Å². The molecule has 26 heavy (non-hydrogen) atoms. The monoisotopic (exact) mass is 352 g/mol. The van der Waals surface area contributed by atoms with Crippen LogP contribution in [0.4, 0.5) is 5.69 Å². The molecule has 0 N–H and O–H groups in total. The number of carbonyl (C=O) groups is 5. The number of rotatable bonds is 4. The number of amides is 4. The van der Waals surface area contributed by atoms with Gasteiger partial charge < -0.3 is 0 Å². The molecular formula is C19H16N2O5. The van der Waals surface area contributed by atoms with Crippen LogP contribution in [0.5, 0.6) is 0 Å². The Labute approximate surface area is 149 Å². The molecule has 3 aliphatic rings. The molecule has 2 fully saturated rings. The van der Waals surface area contributed by atoms with E-state index < -0.39 is 17.2 Å². The molecule has 2 unspecified atom stereocenters. The second kappa shape index (κ2) is 5.20. The molecule has 0 bridgehead atoms. The Morgan fingerprint density at radius 2 is 1.54 bits per heavy atom. The summed E-state index contributed by atoms with van der Waals surface area (Å²) in [6, 6.07) is 5.89. The maximum Gasteiger partial charge on any atom is 0.258 e. The molecule has 0 radical (unpaired) electrons. The number of hydrogen-bond acceptors (Lipinski definition) is 5. The van der Waals surface area contributed by atoms with Crippen LogP contribution in [0.3, 0.4) is 0 Å². The molecular weight excluding hydrogens is 336 g/mol. The van der Waals surface area contributed by atoms with Gasteiger partial charge in [-0.15, -0.1) is 0 Å². The lowest BCUT2D eigenvalue weighted by atomic mass is 9.98. The van der Waals surface area contributed by atoms with Gasteiger partial charge in [-0.05, 0) is 36.6 Å². The molecule has 1 aromatic rings. The van der Waals surface area contributed by atoms with Crippen molar-refractivity contribution in [2.75, 3.05) is 4.90 Å². The fourth-order valence-corrected chi connectivity index (χ4v) is 3.98. The van der Waals surface area contributed by atoms with Crippen LogP contribution in [-0.4, -0.2) is 40.4 Å². The van der Waals surface area contributed by atoms with Crippen LogP contribution in [0, 0.1) is 11.3 Å². The van der Waals surface area contributed by atoms with Crippen LogP contribution < -0.4 is 4.90 Å². The summed E-state index contributed by atoms with van der Waals surface area (Å²) in [6.45, 7) is 2.65. The Kier molecular flexibility index (Phi) is 3.28. The van der Waals surface area contributed by atoms with Gasteiger partial charge in [-0.2, -0.15) is 0 Å². The Morgan fingerprint density at radius 3 is 2.00 bits per heavy atom. The summed E-state index contributed by atoms with van der Waals surface area (Å²) in [5, 5.41) is 0. The highest BCUT2D eigenvalue weighted by Gasteiger charge is 2.85. The van der Waals surface area contributed by atoms with Crippen molar-refractivity contribution in [1.29, 1.82) is 0 Å². The molecule has 132 valence electrons. The zero-order chi connectivity index (χ0) is 18.8. The van der Waals surface area contributed by atoms with Gasteiger partial charge in [-0.3, -0.25) is 28.9 Å². The minimum atomic E-state index is -0.653. The van der Waals surface area contributed by atoms with E-state index in [1.54, 1.807) is 24.3 Å². The Morgan fingerprint density at radius 1 is 1.00 bits per heavy atom. The standard InChI is InChI=1S/C19H16N2O5/c1-10(22)20(11(2)23)17-14-9-19(14,17)18(26)12-3-5-13(6-4-12)21-15(24)7-8-16(21)25/h3-8,14,17H,9H2,1-2H3/t14?,17?,19-/m1/s1. The third-order valence-corrected chi connectivity index (χ3v) is 5.44. The van der Waals surface area contributed by atoms with E-state index in [9.17, 15) is 24.0 Å². The summed E-state index contributed by atoms with van der Waals surface area (Å²) in [4.78, 5) is 61.9. The summed E-state index contributed by atoms with van der Waals surface area (Å²) < 4.78 is 0. The number of nitrogens with zero attached hydrogens (tertiary/aromatic N) is 2. The number of Topliss-reactive ketones (excluding diaryl/α,β-unsaturated/α-hetero) is 1. The molecule has 0 saturated heterocycles. The predicted octanol–water partition coefficient (Wildman–Crippen LogP) is 1.08. The van der Waals surface area contributed by atoms with Crippen molar-refractivity contribution in [3.8, 4) is 0 Å². The first kappa shape index (κ1) is 16.4. The normalized spacial score (nSPS) is 28.0. The van der Waals surface area contributed by atoms with Gasteiger partial charge in [0.15, 0.2) is 5.78 Å². The van der Waals surface area contributed by atoms with Crippen molar-refractivity contribution in [2.24, 2.45) is 11.3 Å². The average Bonchev–Trinajstić information content (AvgIpc) is 3.43. The zero-order valence-electron chi connectivity index (χ0n) is 14.3. The molecule has 1 heterocycles. The third kappa shape index (κ3) is 2.09. The number of fused-ring (bicyclic) bond motifs is 1. The van der Waals surface area contributed by atoms with Crippen LogP contribution in [-0.2, 0) is 19.2 Å².